The summed E-state index contributed by atoms with van der Waals surface area (Å²) in [6.07, 6.45) is 5.69. The highest BCUT2D eigenvalue weighted by molar-refractivity contribution is 8.03. The molecular weight excluding hydrogens is 599 g/mol. The molecule has 38 heavy (non-hydrogen) atoms. The average Bonchev–Trinajstić information content (AvgIpc) is 2.72. The van der Waals surface area contributed by atoms with Gasteiger partial charge < -0.3 is 9.66 Å². The largest absolute Gasteiger partial charge is 0.760 e. The van der Waals surface area contributed by atoms with Gasteiger partial charge in [0.05, 0.1) is 26.9 Å². The number of aliphatic carboxylic acids is 1. The van der Waals surface area contributed by atoms with Crippen molar-refractivity contribution in [2.75, 3.05) is 11.5 Å². The smallest absolute Gasteiger partial charge is 0.306 e. The second-order valence-corrected chi connectivity index (χ2v) is 19.2. The van der Waals surface area contributed by atoms with Gasteiger partial charge in [0.2, 0.25) is 5.24 Å². The lowest BCUT2D eigenvalue weighted by molar-refractivity contribution is -0.143. The fourth-order valence-electron chi connectivity index (χ4n) is 4.25. The van der Waals surface area contributed by atoms with Crippen molar-refractivity contribution in [2.24, 2.45) is 23.7 Å². The Hall–Kier alpha value is -0.270. The monoisotopic (exact) mass is 641 g/mol. The molecule has 226 valence electrons. The van der Waals surface area contributed by atoms with Gasteiger partial charge in [-0.3, -0.25) is 13.8 Å². The summed E-state index contributed by atoms with van der Waals surface area (Å²) in [6.45, 7) is 10.3. The molecule has 0 aromatic heterocycles. The summed E-state index contributed by atoms with van der Waals surface area (Å²) in [5.41, 5.74) is 0. The van der Waals surface area contributed by atoms with Crippen molar-refractivity contribution < 1.29 is 40.3 Å². The Labute approximate surface area is 240 Å². The molecular formula is C24H43Cl2O9S3-. The van der Waals surface area contributed by atoms with E-state index in [-0.39, 0.29) is 40.4 Å². The predicted molar refractivity (Wildman–Crippen MR) is 151 cm³/mol. The van der Waals surface area contributed by atoms with E-state index in [9.17, 15) is 26.4 Å². The molecule has 2 aliphatic carbocycles. The fraction of sp³-hybridized carbons (Fsp3) is 0.917. The number of carbonyl (C=O) groups is 2. The Balaban J connectivity index is 0.000000632. The molecule has 2 fully saturated rings. The molecule has 0 heterocycles. The first-order chi connectivity index (χ1) is 17.0. The van der Waals surface area contributed by atoms with Crippen LogP contribution >= 0.6 is 22.3 Å². The van der Waals surface area contributed by atoms with Gasteiger partial charge in [0, 0.05) is 16.2 Å². The second-order valence-electron chi connectivity index (χ2n) is 12.1. The lowest BCUT2D eigenvalue weighted by atomic mass is 9.83. The Morgan fingerprint density at radius 3 is 1.24 bits per heavy atom. The first-order valence-electron chi connectivity index (χ1n) is 12.6. The topological polar surface area (TPSA) is 163 Å². The van der Waals surface area contributed by atoms with E-state index in [1.807, 2.05) is 0 Å². The molecule has 2 aliphatic rings. The van der Waals surface area contributed by atoms with Gasteiger partial charge in [0.25, 0.3) is 0 Å². The lowest BCUT2D eigenvalue weighted by Crippen LogP contribution is -2.35. The van der Waals surface area contributed by atoms with Gasteiger partial charge in [-0.25, -0.2) is 16.8 Å². The molecule has 2 rings (SSSR count). The highest BCUT2D eigenvalue weighted by atomic mass is 35.7. The van der Waals surface area contributed by atoms with Crippen LogP contribution in [-0.2, 0) is 39.6 Å². The lowest BCUT2D eigenvalue weighted by Gasteiger charge is -2.29. The SMILES string of the molecule is CC(C)(C)S(=O)(=O)CC1CCC(C(=O)Cl)CC1.CC(C)(C)S(=O)(=O)CC1CCC(C(=O)O)CC1.O=S([O-])Cl. The van der Waals surface area contributed by atoms with E-state index in [1.165, 1.54) is 0 Å². The van der Waals surface area contributed by atoms with Crippen LogP contribution in [-0.4, -0.2) is 62.9 Å². The van der Waals surface area contributed by atoms with Gasteiger partial charge in [-0.15, -0.1) is 0 Å². The summed E-state index contributed by atoms with van der Waals surface area (Å²) < 4.78 is 64.3. The van der Waals surface area contributed by atoms with E-state index >= 15 is 0 Å². The van der Waals surface area contributed by atoms with Crippen LogP contribution in [0.2, 0.25) is 0 Å². The van der Waals surface area contributed by atoms with Crippen molar-refractivity contribution in [1.29, 1.82) is 0 Å². The Bertz CT molecular complexity index is 918. The van der Waals surface area contributed by atoms with Crippen molar-refractivity contribution in [3.8, 4) is 0 Å². The molecule has 1 N–H and O–H groups in total. The van der Waals surface area contributed by atoms with Gasteiger partial charge in [-0.1, -0.05) is 0 Å². The zero-order chi connectivity index (χ0) is 30.1. The molecule has 0 spiro atoms. The van der Waals surface area contributed by atoms with Crippen LogP contribution in [0.15, 0.2) is 0 Å². The molecule has 0 saturated heterocycles. The van der Waals surface area contributed by atoms with Crippen molar-refractivity contribution in [2.45, 2.75) is 102 Å². The number of hydrogen-bond acceptors (Lipinski definition) is 8. The standard InChI is InChI=1S/C12H21ClO3S.C12H22O4S.ClHO2S/c2*1-12(2,3)17(15,16)8-9-4-6-10(7-5-9)11(13)14;1-4(2)3/h9-10H,4-8H2,1-3H3;9-10H,4-8H2,1-3H3,(H,13,14);(H,2,3)/p-1. The normalized spacial score (nSPS) is 25.6. The summed E-state index contributed by atoms with van der Waals surface area (Å²) >= 11 is 5.45. The Kier molecular flexibility index (Phi) is 15.5. The number of carboxylic acid groups (broad SMARTS) is 1. The van der Waals surface area contributed by atoms with E-state index < -0.39 is 45.4 Å². The maximum atomic E-state index is 12.0. The number of sulfone groups is 2. The number of carbonyl (C=O) groups excluding carboxylic acids is 1. The van der Waals surface area contributed by atoms with Crippen LogP contribution in [0.25, 0.3) is 0 Å². The zero-order valence-electron chi connectivity index (χ0n) is 23.1. The molecule has 9 nitrogen and oxygen atoms in total. The third-order valence-electron chi connectivity index (χ3n) is 7.14. The summed E-state index contributed by atoms with van der Waals surface area (Å²) in [5.74, 6) is -0.333. The van der Waals surface area contributed by atoms with E-state index in [2.05, 4.69) is 10.7 Å². The van der Waals surface area contributed by atoms with Crippen molar-refractivity contribution in [1.82, 2.24) is 0 Å². The first kappa shape index (κ1) is 37.7. The summed E-state index contributed by atoms with van der Waals surface area (Å²) in [6, 6.07) is 0. The molecule has 2 saturated carbocycles. The molecule has 0 radical (unpaired) electrons. The molecule has 0 aliphatic heterocycles. The van der Waals surface area contributed by atoms with Crippen molar-refractivity contribution in [3.05, 3.63) is 0 Å². The minimum atomic E-state index is -3.08. The maximum Gasteiger partial charge on any atom is 0.306 e. The number of halogens is 2. The summed E-state index contributed by atoms with van der Waals surface area (Å²) in [5, 5.41) is 8.59. The third-order valence-corrected chi connectivity index (χ3v) is 13.0. The third kappa shape index (κ3) is 13.9. The minimum absolute atomic E-state index is 0.0646. The van der Waals surface area contributed by atoms with Crippen molar-refractivity contribution in [3.63, 3.8) is 0 Å². The fourth-order valence-corrected chi connectivity index (χ4v) is 7.38. The van der Waals surface area contributed by atoms with Crippen LogP contribution in [0.3, 0.4) is 0 Å². The van der Waals surface area contributed by atoms with Crippen LogP contribution in [0.5, 0.6) is 0 Å². The van der Waals surface area contributed by atoms with Gasteiger partial charge >= 0.3 is 5.97 Å². The van der Waals surface area contributed by atoms with Gasteiger partial charge in [0.15, 0.2) is 19.7 Å². The average molecular weight is 643 g/mol. The highest BCUT2D eigenvalue weighted by Gasteiger charge is 2.35. The number of rotatable bonds is 6. The van der Waals surface area contributed by atoms with Crippen LogP contribution in [0, 0.1) is 23.7 Å². The van der Waals surface area contributed by atoms with Crippen LogP contribution in [0.4, 0.5) is 0 Å². The van der Waals surface area contributed by atoms with Crippen molar-refractivity contribution >= 4 is 63.5 Å². The molecule has 0 aromatic carbocycles. The molecule has 14 heteroatoms. The van der Waals surface area contributed by atoms with E-state index in [4.69, 9.17) is 25.5 Å². The maximum absolute atomic E-state index is 12.0. The van der Waals surface area contributed by atoms with Crippen LogP contribution in [0.1, 0.15) is 92.9 Å². The quantitative estimate of drug-likeness (QED) is 0.314. The van der Waals surface area contributed by atoms with Crippen LogP contribution < -0.4 is 0 Å². The predicted octanol–water partition coefficient (Wildman–Crippen LogP) is 4.88. The molecule has 1 atom stereocenters. The molecule has 1 unspecified atom stereocenters. The van der Waals surface area contributed by atoms with E-state index in [0.29, 0.717) is 25.7 Å². The molecule has 0 aromatic rings. The highest BCUT2D eigenvalue weighted by Crippen LogP contribution is 2.33. The second kappa shape index (κ2) is 15.7. The molecule has 0 bridgehead atoms. The minimum Gasteiger partial charge on any atom is -0.760 e. The Morgan fingerprint density at radius 2 is 1.03 bits per heavy atom. The summed E-state index contributed by atoms with van der Waals surface area (Å²) in [7, 11) is -4.33. The Morgan fingerprint density at radius 1 is 0.763 bits per heavy atom. The number of hydrogen-bond donors (Lipinski definition) is 1. The van der Waals surface area contributed by atoms with Gasteiger partial charge in [0.1, 0.15) is 0 Å². The van der Waals surface area contributed by atoms with Gasteiger partial charge in [-0.2, -0.15) is 0 Å². The zero-order valence-corrected chi connectivity index (χ0v) is 27.0. The first-order valence-corrected chi connectivity index (χ1v) is 18.2. The van der Waals surface area contributed by atoms with E-state index in [0.717, 1.165) is 25.7 Å². The van der Waals surface area contributed by atoms with E-state index in [1.54, 1.807) is 41.5 Å². The molecule has 0 amide bonds. The van der Waals surface area contributed by atoms with Gasteiger partial charge in [-0.05, 0) is 127 Å². The summed E-state index contributed by atoms with van der Waals surface area (Å²) in [4.78, 5) is 21.8. The number of carboxylic acids is 1.